The van der Waals surface area contributed by atoms with Crippen LogP contribution in [0.5, 0.6) is 0 Å². The molecule has 1 heterocycles. The minimum absolute atomic E-state index is 0.131. The monoisotopic (exact) mass is 286 g/mol. The molecule has 4 rings (SSSR count). The molecule has 0 saturated carbocycles. The van der Waals surface area contributed by atoms with E-state index in [2.05, 4.69) is 78.9 Å². The quantitative estimate of drug-likeness (QED) is 0.614. The van der Waals surface area contributed by atoms with E-state index in [1.54, 1.807) is 0 Å². The van der Waals surface area contributed by atoms with Crippen LogP contribution < -0.4 is 0 Å². The SMILES string of the molecule is C1=C(c2ccccc2)CC(c2cccc3ccccc23)OC1. The molecule has 0 bridgehead atoms. The number of hydrogen-bond acceptors (Lipinski definition) is 1. The first-order chi connectivity index (χ1) is 10.9. The summed E-state index contributed by atoms with van der Waals surface area (Å²) in [4.78, 5) is 0. The summed E-state index contributed by atoms with van der Waals surface area (Å²) in [6, 6.07) is 25.6. The van der Waals surface area contributed by atoms with E-state index >= 15 is 0 Å². The number of rotatable bonds is 2. The molecule has 1 nitrogen and oxygen atoms in total. The fourth-order valence-corrected chi connectivity index (χ4v) is 3.23. The number of ether oxygens (including phenoxy) is 1. The van der Waals surface area contributed by atoms with Gasteiger partial charge in [-0.05, 0) is 27.5 Å². The molecule has 1 aliphatic heterocycles. The first-order valence-corrected chi connectivity index (χ1v) is 7.75. The predicted molar refractivity (Wildman–Crippen MR) is 91.7 cm³/mol. The Kier molecular flexibility index (Phi) is 3.49. The average Bonchev–Trinajstić information content (AvgIpc) is 2.62. The highest BCUT2D eigenvalue weighted by Crippen LogP contribution is 2.36. The van der Waals surface area contributed by atoms with Crippen LogP contribution in [0.4, 0.5) is 0 Å². The van der Waals surface area contributed by atoms with Crippen LogP contribution in [0, 0.1) is 0 Å². The second-order valence-electron chi connectivity index (χ2n) is 5.69. The van der Waals surface area contributed by atoms with E-state index < -0.39 is 0 Å². The highest BCUT2D eigenvalue weighted by molar-refractivity contribution is 5.86. The molecule has 0 N–H and O–H groups in total. The lowest BCUT2D eigenvalue weighted by Gasteiger charge is -2.25. The maximum Gasteiger partial charge on any atom is 0.0875 e. The Morgan fingerprint density at radius 1 is 0.773 bits per heavy atom. The topological polar surface area (TPSA) is 9.23 Å². The van der Waals surface area contributed by atoms with Crippen LogP contribution in [0.3, 0.4) is 0 Å². The van der Waals surface area contributed by atoms with E-state index in [0.29, 0.717) is 6.61 Å². The molecule has 1 unspecified atom stereocenters. The second-order valence-corrected chi connectivity index (χ2v) is 5.69. The van der Waals surface area contributed by atoms with Gasteiger partial charge in [-0.15, -0.1) is 0 Å². The van der Waals surface area contributed by atoms with Gasteiger partial charge in [0, 0.05) is 6.42 Å². The Labute approximate surface area is 130 Å². The maximum atomic E-state index is 6.05. The molecule has 1 atom stereocenters. The summed E-state index contributed by atoms with van der Waals surface area (Å²) in [6.07, 6.45) is 3.26. The fraction of sp³-hybridized carbons (Fsp3) is 0.143. The van der Waals surface area contributed by atoms with Gasteiger partial charge in [-0.3, -0.25) is 0 Å². The Balaban J connectivity index is 1.70. The van der Waals surface area contributed by atoms with Crippen LogP contribution in [-0.2, 0) is 4.74 Å². The number of fused-ring (bicyclic) bond motifs is 1. The third kappa shape index (κ3) is 2.44. The average molecular weight is 286 g/mol. The fourth-order valence-electron chi connectivity index (χ4n) is 3.23. The van der Waals surface area contributed by atoms with Gasteiger partial charge in [0.15, 0.2) is 0 Å². The Morgan fingerprint density at radius 2 is 1.55 bits per heavy atom. The van der Waals surface area contributed by atoms with Crippen LogP contribution >= 0.6 is 0 Å². The van der Waals surface area contributed by atoms with Crippen molar-refractivity contribution in [2.75, 3.05) is 6.61 Å². The van der Waals surface area contributed by atoms with Crippen LogP contribution in [-0.4, -0.2) is 6.61 Å². The van der Waals surface area contributed by atoms with Crippen LogP contribution in [0.25, 0.3) is 16.3 Å². The van der Waals surface area contributed by atoms with E-state index in [0.717, 1.165) is 6.42 Å². The van der Waals surface area contributed by atoms with Gasteiger partial charge in [0.25, 0.3) is 0 Å². The van der Waals surface area contributed by atoms with Crippen molar-refractivity contribution in [1.82, 2.24) is 0 Å². The van der Waals surface area contributed by atoms with Crippen molar-refractivity contribution in [2.24, 2.45) is 0 Å². The van der Waals surface area contributed by atoms with Crippen LogP contribution in [0.15, 0.2) is 78.9 Å². The molecule has 22 heavy (non-hydrogen) atoms. The molecule has 1 aliphatic rings. The predicted octanol–water partition coefficient (Wildman–Crippen LogP) is 5.38. The van der Waals surface area contributed by atoms with Crippen molar-refractivity contribution >= 4 is 16.3 Å². The third-order valence-electron chi connectivity index (χ3n) is 4.35. The Morgan fingerprint density at radius 3 is 2.45 bits per heavy atom. The lowest BCUT2D eigenvalue weighted by Crippen LogP contribution is -2.11. The summed E-state index contributed by atoms with van der Waals surface area (Å²) in [5, 5.41) is 2.57. The lowest BCUT2D eigenvalue weighted by atomic mass is 9.91. The molecule has 0 fully saturated rings. The van der Waals surface area contributed by atoms with Crippen molar-refractivity contribution < 1.29 is 4.74 Å². The van der Waals surface area contributed by atoms with E-state index in [1.165, 1.54) is 27.5 Å². The number of hydrogen-bond donors (Lipinski definition) is 0. The smallest absolute Gasteiger partial charge is 0.0875 e. The normalized spacial score (nSPS) is 18.2. The zero-order valence-electron chi connectivity index (χ0n) is 12.4. The van der Waals surface area contributed by atoms with Gasteiger partial charge in [0.1, 0.15) is 0 Å². The minimum Gasteiger partial charge on any atom is -0.369 e. The summed E-state index contributed by atoms with van der Waals surface area (Å²) < 4.78 is 6.05. The van der Waals surface area contributed by atoms with E-state index in [-0.39, 0.29) is 6.10 Å². The van der Waals surface area contributed by atoms with Crippen molar-refractivity contribution in [2.45, 2.75) is 12.5 Å². The Bertz CT molecular complexity index is 812. The van der Waals surface area contributed by atoms with Crippen molar-refractivity contribution in [3.8, 4) is 0 Å². The lowest BCUT2D eigenvalue weighted by molar-refractivity contribution is 0.0719. The maximum absolute atomic E-state index is 6.05. The summed E-state index contributed by atoms with van der Waals surface area (Å²) >= 11 is 0. The van der Waals surface area contributed by atoms with Crippen LogP contribution in [0.1, 0.15) is 23.7 Å². The van der Waals surface area contributed by atoms with Crippen molar-refractivity contribution in [1.29, 1.82) is 0 Å². The van der Waals surface area contributed by atoms with Crippen molar-refractivity contribution in [3.05, 3.63) is 90.0 Å². The van der Waals surface area contributed by atoms with Gasteiger partial charge in [-0.1, -0.05) is 78.9 Å². The zero-order chi connectivity index (χ0) is 14.8. The van der Waals surface area contributed by atoms with Crippen LogP contribution in [0.2, 0.25) is 0 Å². The van der Waals surface area contributed by atoms with E-state index in [9.17, 15) is 0 Å². The summed E-state index contributed by atoms with van der Waals surface area (Å²) in [7, 11) is 0. The zero-order valence-corrected chi connectivity index (χ0v) is 12.4. The van der Waals surface area contributed by atoms with Gasteiger partial charge in [-0.25, -0.2) is 0 Å². The molecule has 0 radical (unpaired) electrons. The van der Waals surface area contributed by atoms with Gasteiger partial charge >= 0.3 is 0 Å². The molecular formula is C21H18O. The van der Waals surface area contributed by atoms with Gasteiger partial charge in [0.2, 0.25) is 0 Å². The summed E-state index contributed by atoms with van der Waals surface area (Å²) in [5.41, 5.74) is 3.97. The first kappa shape index (κ1) is 13.3. The summed E-state index contributed by atoms with van der Waals surface area (Å²) in [6.45, 7) is 0.679. The minimum atomic E-state index is 0.131. The molecule has 0 aromatic heterocycles. The third-order valence-corrected chi connectivity index (χ3v) is 4.35. The molecular weight excluding hydrogens is 268 g/mol. The van der Waals surface area contributed by atoms with Gasteiger partial charge in [0.05, 0.1) is 12.7 Å². The molecule has 0 aliphatic carbocycles. The molecule has 1 heteroatoms. The molecule has 3 aromatic carbocycles. The van der Waals surface area contributed by atoms with Gasteiger partial charge in [-0.2, -0.15) is 0 Å². The standard InChI is InChI=1S/C21H18O/c1-2-7-16(8-3-1)18-13-14-22-21(15-18)20-12-6-10-17-9-4-5-11-19(17)20/h1-13,21H,14-15H2. The molecule has 0 amide bonds. The molecule has 0 saturated heterocycles. The second kappa shape index (κ2) is 5.78. The molecule has 0 spiro atoms. The molecule has 108 valence electrons. The highest BCUT2D eigenvalue weighted by Gasteiger charge is 2.20. The number of benzene rings is 3. The first-order valence-electron chi connectivity index (χ1n) is 7.75. The molecule has 3 aromatic rings. The highest BCUT2D eigenvalue weighted by atomic mass is 16.5. The van der Waals surface area contributed by atoms with Gasteiger partial charge < -0.3 is 4.74 Å². The Hall–Kier alpha value is -2.38. The largest absolute Gasteiger partial charge is 0.369 e. The van der Waals surface area contributed by atoms with Crippen molar-refractivity contribution in [3.63, 3.8) is 0 Å². The van der Waals surface area contributed by atoms with E-state index in [1.807, 2.05) is 0 Å². The summed E-state index contributed by atoms with van der Waals surface area (Å²) in [5.74, 6) is 0. The van der Waals surface area contributed by atoms with E-state index in [4.69, 9.17) is 4.74 Å².